The van der Waals surface area contributed by atoms with Crippen molar-refractivity contribution in [2.24, 2.45) is 0 Å². The maximum Gasteiger partial charge on any atom is 0.293 e. The molecule has 2 aromatic rings. The Bertz CT molecular complexity index is 991. The third kappa shape index (κ3) is 5.07. The number of hydrogen-bond acceptors (Lipinski definition) is 5. The number of hydrogen-bond donors (Lipinski definition) is 0. The number of halogens is 2. The lowest BCUT2D eigenvalue weighted by atomic mass is 10.1. The molecule has 0 bridgehead atoms. The highest BCUT2D eigenvalue weighted by Crippen LogP contribution is 2.36. The van der Waals surface area contributed by atoms with E-state index in [0.29, 0.717) is 26.4 Å². The average Bonchev–Trinajstić information content (AvgIpc) is 2.93. The van der Waals surface area contributed by atoms with Crippen LogP contribution in [0.4, 0.5) is 4.79 Å². The third-order valence-corrected chi connectivity index (χ3v) is 5.69. The van der Waals surface area contributed by atoms with Gasteiger partial charge in [0.05, 0.1) is 34.7 Å². The van der Waals surface area contributed by atoms with Crippen molar-refractivity contribution in [3.05, 3.63) is 62.5 Å². The standard InChI is InChI=1S/C21H19Cl2NO4S/c1-12(2)28-17-7-5-13(9-18(17)27-3)10-19-20(25)24(21(26)29-19)11-14-4-6-15(22)16(23)8-14/h4-10,12H,11H2,1-3H3/b19-10-. The van der Waals surface area contributed by atoms with Gasteiger partial charge in [0.15, 0.2) is 11.5 Å². The van der Waals surface area contributed by atoms with Crippen LogP contribution in [0.3, 0.4) is 0 Å². The number of ether oxygens (including phenoxy) is 2. The Morgan fingerprint density at radius 2 is 1.83 bits per heavy atom. The number of rotatable bonds is 6. The van der Waals surface area contributed by atoms with Gasteiger partial charge in [0.25, 0.3) is 11.1 Å². The summed E-state index contributed by atoms with van der Waals surface area (Å²) in [5.74, 6) is 0.822. The van der Waals surface area contributed by atoms with Crippen LogP contribution in [0.2, 0.25) is 10.0 Å². The summed E-state index contributed by atoms with van der Waals surface area (Å²) in [7, 11) is 1.55. The maximum absolute atomic E-state index is 12.7. The van der Waals surface area contributed by atoms with Crippen molar-refractivity contribution in [3.63, 3.8) is 0 Å². The Morgan fingerprint density at radius 3 is 2.48 bits per heavy atom. The van der Waals surface area contributed by atoms with Crippen molar-refractivity contribution in [1.82, 2.24) is 4.90 Å². The molecule has 0 spiro atoms. The van der Waals surface area contributed by atoms with E-state index in [1.807, 2.05) is 19.9 Å². The molecule has 0 N–H and O–H groups in total. The van der Waals surface area contributed by atoms with Gasteiger partial charge in [-0.05, 0) is 67.1 Å². The second-order valence-electron chi connectivity index (χ2n) is 6.59. The van der Waals surface area contributed by atoms with Gasteiger partial charge in [-0.25, -0.2) is 0 Å². The molecule has 5 nitrogen and oxygen atoms in total. The first-order valence-corrected chi connectivity index (χ1v) is 10.4. The Labute approximate surface area is 183 Å². The van der Waals surface area contributed by atoms with E-state index in [1.54, 1.807) is 43.5 Å². The molecule has 152 valence electrons. The van der Waals surface area contributed by atoms with Crippen molar-refractivity contribution in [2.75, 3.05) is 7.11 Å². The molecule has 0 unspecified atom stereocenters. The van der Waals surface area contributed by atoms with Gasteiger partial charge in [0, 0.05) is 0 Å². The highest BCUT2D eigenvalue weighted by Gasteiger charge is 2.35. The van der Waals surface area contributed by atoms with E-state index < -0.39 is 0 Å². The lowest BCUT2D eigenvalue weighted by molar-refractivity contribution is -0.123. The number of imide groups is 1. The minimum absolute atomic E-state index is 0.00706. The zero-order valence-electron chi connectivity index (χ0n) is 16.1. The molecule has 0 atom stereocenters. The molecule has 0 aromatic heterocycles. The fraction of sp³-hybridized carbons (Fsp3) is 0.238. The van der Waals surface area contributed by atoms with Crippen molar-refractivity contribution < 1.29 is 19.1 Å². The second kappa shape index (κ2) is 9.11. The molecule has 1 fully saturated rings. The summed E-state index contributed by atoms with van der Waals surface area (Å²) in [5.41, 5.74) is 1.46. The number of carbonyl (C=O) groups is 2. The fourth-order valence-corrected chi connectivity index (χ4v) is 3.89. The molecule has 1 saturated heterocycles. The zero-order chi connectivity index (χ0) is 21.1. The molecule has 0 aliphatic carbocycles. The molecule has 0 radical (unpaired) electrons. The molecule has 29 heavy (non-hydrogen) atoms. The summed E-state index contributed by atoms with van der Waals surface area (Å²) >= 11 is 12.8. The number of benzene rings is 2. The summed E-state index contributed by atoms with van der Waals surface area (Å²) in [6.45, 7) is 3.98. The molecular formula is C21H19Cl2NO4S. The van der Waals surface area contributed by atoms with Crippen LogP contribution < -0.4 is 9.47 Å². The molecular weight excluding hydrogens is 433 g/mol. The van der Waals surface area contributed by atoms with Gasteiger partial charge in [-0.3, -0.25) is 14.5 Å². The number of thioether (sulfide) groups is 1. The summed E-state index contributed by atoms with van der Waals surface area (Å²) in [5, 5.41) is 0.463. The average molecular weight is 452 g/mol. The Hall–Kier alpha value is -2.15. The Balaban J connectivity index is 1.81. The minimum Gasteiger partial charge on any atom is -0.493 e. The highest BCUT2D eigenvalue weighted by atomic mass is 35.5. The number of methoxy groups -OCH3 is 1. The molecule has 2 aromatic carbocycles. The van der Waals surface area contributed by atoms with Crippen LogP contribution in [0.15, 0.2) is 41.3 Å². The van der Waals surface area contributed by atoms with Gasteiger partial charge in [-0.1, -0.05) is 35.3 Å². The van der Waals surface area contributed by atoms with Gasteiger partial charge >= 0.3 is 0 Å². The lowest BCUT2D eigenvalue weighted by Gasteiger charge is -2.14. The molecule has 1 heterocycles. The SMILES string of the molecule is COc1cc(/C=C2\SC(=O)N(Cc3ccc(Cl)c(Cl)c3)C2=O)ccc1OC(C)C. The molecule has 8 heteroatoms. The summed E-state index contributed by atoms with van der Waals surface area (Å²) < 4.78 is 11.1. The van der Waals surface area contributed by atoms with Gasteiger partial charge < -0.3 is 9.47 Å². The van der Waals surface area contributed by atoms with Crippen molar-refractivity contribution in [1.29, 1.82) is 0 Å². The molecule has 1 aliphatic heterocycles. The molecule has 0 saturated carbocycles. The van der Waals surface area contributed by atoms with Gasteiger partial charge in [0.2, 0.25) is 0 Å². The van der Waals surface area contributed by atoms with Crippen molar-refractivity contribution >= 4 is 52.2 Å². The molecule has 2 amide bonds. The van der Waals surface area contributed by atoms with E-state index in [9.17, 15) is 9.59 Å². The zero-order valence-corrected chi connectivity index (χ0v) is 18.4. The first-order chi connectivity index (χ1) is 13.8. The van der Waals surface area contributed by atoms with Crippen LogP contribution in [0.1, 0.15) is 25.0 Å². The first kappa shape index (κ1) is 21.6. The summed E-state index contributed by atoms with van der Waals surface area (Å²) in [6, 6.07) is 10.4. The van der Waals surface area contributed by atoms with Crippen LogP contribution in [-0.4, -0.2) is 29.3 Å². The smallest absolute Gasteiger partial charge is 0.293 e. The predicted molar refractivity (Wildman–Crippen MR) is 117 cm³/mol. The van der Waals surface area contributed by atoms with Crippen LogP contribution in [-0.2, 0) is 11.3 Å². The highest BCUT2D eigenvalue weighted by molar-refractivity contribution is 8.18. The number of nitrogens with zero attached hydrogens (tertiary/aromatic N) is 1. The lowest BCUT2D eigenvalue weighted by Crippen LogP contribution is -2.27. The van der Waals surface area contributed by atoms with Gasteiger partial charge in [-0.2, -0.15) is 0 Å². The largest absolute Gasteiger partial charge is 0.493 e. The van der Waals surface area contributed by atoms with Crippen LogP contribution in [0.5, 0.6) is 11.5 Å². The predicted octanol–water partition coefficient (Wildman–Crippen LogP) is 6.03. The van der Waals surface area contributed by atoms with E-state index >= 15 is 0 Å². The third-order valence-electron chi connectivity index (χ3n) is 4.05. The first-order valence-electron chi connectivity index (χ1n) is 8.82. The summed E-state index contributed by atoms with van der Waals surface area (Å²) in [4.78, 5) is 26.6. The van der Waals surface area contributed by atoms with Crippen LogP contribution >= 0.6 is 35.0 Å². The van der Waals surface area contributed by atoms with E-state index in [2.05, 4.69) is 0 Å². The number of amides is 2. The van der Waals surface area contributed by atoms with Crippen molar-refractivity contribution in [2.45, 2.75) is 26.5 Å². The van der Waals surface area contributed by atoms with Crippen LogP contribution in [0, 0.1) is 0 Å². The Morgan fingerprint density at radius 1 is 1.07 bits per heavy atom. The van der Waals surface area contributed by atoms with E-state index in [0.717, 1.165) is 22.9 Å². The van der Waals surface area contributed by atoms with E-state index in [-0.39, 0.29) is 23.8 Å². The van der Waals surface area contributed by atoms with Gasteiger partial charge in [-0.15, -0.1) is 0 Å². The summed E-state index contributed by atoms with van der Waals surface area (Å²) in [6.07, 6.45) is 1.68. The maximum atomic E-state index is 12.7. The second-order valence-corrected chi connectivity index (χ2v) is 8.40. The minimum atomic E-state index is -0.354. The Kier molecular flexibility index (Phi) is 6.77. The normalized spacial score (nSPS) is 15.5. The molecule has 1 aliphatic rings. The molecule has 3 rings (SSSR count). The van der Waals surface area contributed by atoms with Gasteiger partial charge in [0.1, 0.15) is 0 Å². The van der Waals surface area contributed by atoms with Crippen LogP contribution in [0.25, 0.3) is 6.08 Å². The topological polar surface area (TPSA) is 55.8 Å². The fourth-order valence-electron chi connectivity index (χ4n) is 2.73. The monoisotopic (exact) mass is 451 g/mol. The van der Waals surface area contributed by atoms with E-state index in [1.165, 1.54) is 4.90 Å². The van der Waals surface area contributed by atoms with Crippen molar-refractivity contribution in [3.8, 4) is 11.5 Å². The van der Waals surface area contributed by atoms with E-state index in [4.69, 9.17) is 32.7 Å². The number of carbonyl (C=O) groups excluding carboxylic acids is 2. The quantitative estimate of drug-likeness (QED) is 0.502.